The number of anilines is 1. The quantitative estimate of drug-likeness (QED) is 0.739. The fraction of sp³-hybridized carbons (Fsp3) is 0.417. The zero-order valence-electron chi connectivity index (χ0n) is 11.2. The number of nitrogens with one attached hydrogen (secondary N) is 2. The van der Waals surface area contributed by atoms with E-state index in [1.807, 2.05) is 6.92 Å². The van der Waals surface area contributed by atoms with Gasteiger partial charge in [-0.1, -0.05) is 13.0 Å². The van der Waals surface area contributed by atoms with Crippen molar-refractivity contribution in [3.05, 3.63) is 24.3 Å². The van der Waals surface area contributed by atoms with Crippen LogP contribution in [0.3, 0.4) is 0 Å². The van der Waals surface area contributed by atoms with Gasteiger partial charge in [-0.05, 0) is 38.6 Å². The summed E-state index contributed by atoms with van der Waals surface area (Å²) < 4.78 is 22.4. The molecule has 0 atom stereocenters. The van der Waals surface area contributed by atoms with Crippen LogP contribution in [-0.2, 0) is 14.8 Å². The molecule has 0 heterocycles. The summed E-state index contributed by atoms with van der Waals surface area (Å²) in [5.41, 5.74) is -0.352. The number of amides is 1. The summed E-state index contributed by atoms with van der Waals surface area (Å²) in [6, 6.07) is 5.83. The molecule has 0 radical (unpaired) electrons. The monoisotopic (exact) mass is 285 g/mol. The predicted molar refractivity (Wildman–Crippen MR) is 74.2 cm³/mol. The van der Waals surface area contributed by atoms with Crippen LogP contribution in [0.4, 0.5) is 5.69 Å². The molecule has 0 fully saturated rings. The smallest absolute Gasteiger partial charge is 0.244 e. The van der Waals surface area contributed by atoms with Crippen molar-refractivity contribution in [2.24, 2.45) is 5.14 Å². The van der Waals surface area contributed by atoms with Crippen LogP contribution in [0.2, 0.25) is 0 Å². The van der Waals surface area contributed by atoms with Crippen molar-refractivity contribution in [2.75, 3.05) is 11.9 Å². The lowest BCUT2D eigenvalue weighted by molar-refractivity contribution is -0.121. The minimum absolute atomic E-state index is 0.0356. The van der Waals surface area contributed by atoms with E-state index in [2.05, 4.69) is 10.6 Å². The molecular weight excluding hydrogens is 266 g/mol. The predicted octanol–water partition coefficient (Wildman–Crippen LogP) is 0.661. The number of carbonyl (C=O) groups is 1. The molecule has 0 aromatic heterocycles. The first kappa shape index (κ1) is 15.6. The van der Waals surface area contributed by atoms with E-state index in [9.17, 15) is 13.2 Å². The summed E-state index contributed by atoms with van der Waals surface area (Å²) in [6.45, 7) is 6.04. The van der Waals surface area contributed by atoms with Gasteiger partial charge in [0.1, 0.15) is 0 Å². The summed E-state index contributed by atoms with van der Waals surface area (Å²) in [4.78, 5) is 12.0. The minimum atomic E-state index is -3.77. The third-order valence-corrected chi connectivity index (χ3v) is 3.52. The Hall–Kier alpha value is -1.44. The topological polar surface area (TPSA) is 101 Å². The van der Waals surface area contributed by atoms with Crippen LogP contribution in [0.1, 0.15) is 20.8 Å². The van der Waals surface area contributed by atoms with E-state index < -0.39 is 15.6 Å². The van der Waals surface area contributed by atoms with E-state index in [1.54, 1.807) is 19.9 Å². The molecule has 0 unspecified atom stereocenters. The SMILES string of the molecule is CCNC(C)(C)C(=O)Nc1cccc(S(N)(=O)=O)c1. The molecule has 0 aliphatic rings. The van der Waals surface area contributed by atoms with Gasteiger partial charge in [0.2, 0.25) is 15.9 Å². The molecule has 4 N–H and O–H groups in total. The molecule has 7 heteroatoms. The van der Waals surface area contributed by atoms with E-state index in [-0.39, 0.29) is 10.8 Å². The lowest BCUT2D eigenvalue weighted by Gasteiger charge is -2.24. The van der Waals surface area contributed by atoms with Gasteiger partial charge in [0.25, 0.3) is 0 Å². The second kappa shape index (κ2) is 5.68. The second-order valence-corrected chi connectivity index (χ2v) is 6.24. The molecule has 0 spiro atoms. The van der Waals surface area contributed by atoms with E-state index in [4.69, 9.17) is 5.14 Å². The van der Waals surface area contributed by atoms with Gasteiger partial charge < -0.3 is 10.6 Å². The summed E-state index contributed by atoms with van der Waals surface area (Å²) in [6.07, 6.45) is 0. The maximum Gasteiger partial charge on any atom is 0.244 e. The van der Waals surface area contributed by atoms with Crippen LogP contribution < -0.4 is 15.8 Å². The van der Waals surface area contributed by atoms with E-state index in [1.165, 1.54) is 18.2 Å². The number of hydrogen-bond donors (Lipinski definition) is 3. The zero-order chi connectivity index (χ0) is 14.7. The number of rotatable bonds is 5. The van der Waals surface area contributed by atoms with E-state index in [0.717, 1.165) is 0 Å². The lowest BCUT2D eigenvalue weighted by Crippen LogP contribution is -2.49. The van der Waals surface area contributed by atoms with Gasteiger partial charge in [-0.25, -0.2) is 13.6 Å². The maximum atomic E-state index is 12.0. The van der Waals surface area contributed by atoms with Gasteiger partial charge in [-0.3, -0.25) is 4.79 Å². The molecule has 1 rings (SSSR count). The van der Waals surface area contributed by atoms with Crippen molar-refractivity contribution in [1.82, 2.24) is 5.32 Å². The summed E-state index contributed by atoms with van der Waals surface area (Å²) in [5.74, 6) is -0.249. The third kappa shape index (κ3) is 4.30. The Morgan fingerprint density at radius 3 is 2.53 bits per heavy atom. The van der Waals surface area contributed by atoms with Crippen LogP contribution in [0.25, 0.3) is 0 Å². The number of hydrogen-bond acceptors (Lipinski definition) is 4. The molecule has 106 valence electrons. The summed E-state index contributed by atoms with van der Waals surface area (Å²) in [7, 11) is -3.77. The van der Waals surface area contributed by atoms with Gasteiger partial charge in [0, 0.05) is 5.69 Å². The molecule has 0 aliphatic heterocycles. The number of sulfonamides is 1. The highest BCUT2D eigenvalue weighted by molar-refractivity contribution is 7.89. The van der Waals surface area contributed by atoms with Crippen LogP contribution in [0.5, 0.6) is 0 Å². The molecule has 1 amide bonds. The zero-order valence-corrected chi connectivity index (χ0v) is 12.0. The fourth-order valence-corrected chi connectivity index (χ4v) is 2.12. The highest BCUT2D eigenvalue weighted by atomic mass is 32.2. The van der Waals surface area contributed by atoms with E-state index >= 15 is 0 Å². The van der Waals surface area contributed by atoms with Crippen LogP contribution in [-0.4, -0.2) is 26.4 Å². The Morgan fingerprint density at radius 1 is 1.37 bits per heavy atom. The van der Waals surface area contributed by atoms with Crippen molar-refractivity contribution in [3.8, 4) is 0 Å². The Kier molecular flexibility index (Phi) is 4.67. The Labute approximate surface area is 113 Å². The third-order valence-electron chi connectivity index (χ3n) is 2.61. The standard InChI is InChI=1S/C12H19N3O3S/c1-4-14-12(2,3)11(16)15-9-6-5-7-10(8-9)19(13,17)18/h5-8,14H,4H2,1-3H3,(H,15,16)(H2,13,17,18). The minimum Gasteiger partial charge on any atom is -0.324 e. The molecule has 1 aromatic rings. The van der Waals surface area contributed by atoms with Gasteiger partial charge in [-0.2, -0.15) is 0 Å². The van der Waals surface area contributed by atoms with Crippen molar-refractivity contribution in [3.63, 3.8) is 0 Å². The number of likely N-dealkylation sites (N-methyl/N-ethyl adjacent to an activating group) is 1. The molecule has 0 saturated carbocycles. The first-order chi connectivity index (χ1) is 8.66. The molecule has 0 bridgehead atoms. The molecule has 0 aliphatic carbocycles. The second-order valence-electron chi connectivity index (χ2n) is 4.68. The van der Waals surface area contributed by atoms with Crippen molar-refractivity contribution >= 4 is 21.6 Å². The summed E-state index contributed by atoms with van der Waals surface area (Å²) in [5, 5.41) is 10.7. The Balaban J connectivity index is 2.92. The van der Waals surface area contributed by atoms with Crippen molar-refractivity contribution in [1.29, 1.82) is 0 Å². The van der Waals surface area contributed by atoms with Crippen molar-refractivity contribution in [2.45, 2.75) is 31.2 Å². The molecule has 6 nitrogen and oxygen atoms in total. The first-order valence-electron chi connectivity index (χ1n) is 5.86. The number of primary sulfonamides is 1. The molecular formula is C12H19N3O3S. The van der Waals surface area contributed by atoms with Gasteiger partial charge >= 0.3 is 0 Å². The van der Waals surface area contributed by atoms with Gasteiger partial charge in [0.05, 0.1) is 10.4 Å². The number of carbonyl (C=O) groups excluding carboxylic acids is 1. The van der Waals surface area contributed by atoms with Crippen LogP contribution >= 0.6 is 0 Å². The Bertz CT molecular complexity index is 567. The lowest BCUT2D eigenvalue weighted by atomic mass is 10.0. The first-order valence-corrected chi connectivity index (χ1v) is 7.41. The number of nitrogens with two attached hydrogens (primary N) is 1. The molecule has 19 heavy (non-hydrogen) atoms. The molecule has 0 saturated heterocycles. The summed E-state index contributed by atoms with van der Waals surface area (Å²) >= 11 is 0. The average molecular weight is 285 g/mol. The Morgan fingerprint density at radius 2 is 2.00 bits per heavy atom. The van der Waals surface area contributed by atoms with E-state index in [0.29, 0.717) is 12.2 Å². The van der Waals surface area contributed by atoms with Gasteiger partial charge in [0.15, 0.2) is 0 Å². The van der Waals surface area contributed by atoms with Crippen LogP contribution in [0.15, 0.2) is 29.2 Å². The van der Waals surface area contributed by atoms with Gasteiger partial charge in [-0.15, -0.1) is 0 Å². The average Bonchev–Trinajstić information content (AvgIpc) is 2.28. The highest BCUT2D eigenvalue weighted by Gasteiger charge is 2.26. The normalized spacial score (nSPS) is 12.2. The number of benzene rings is 1. The van der Waals surface area contributed by atoms with Crippen molar-refractivity contribution < 1.29 is 13.2 Å². The molecule has 1 aromatic carbocycles. The fourth-order valence-electron chi connectivity index (χ4n) is 1.56. The van der Waals surface area contributed by atoms with Crippen LogP contribution in [0, 0.1) is 0 Å². The highest BCUT2D eigenvalue weighted by Crippen LogP contribution is 2.15. The largest absolute Gasteiger partial charge is 0.324 e. The maximum absolute atomic E-state index is 12.0.